The van der Waals surface area contributed by atoms with Crippen LogP contribution in [0, 0.1) is 18.7 Å². The standard InChI is InChI=1S/C27H23FN4O5S/c1-3-37-27(36)23-20-14-38-25(22(20)26(35)32(30-23)19-9-5-7-17(28)12-19)29-24(34)16-11-21(33)31(13-16)18-8-4-6-15(2)10-18/h4-10,12,14,16H,3,11,13H2,1-2H3,(H,29,34). The molecule has 2 amide bonds. The number of rotatable bonds is 6. The minimum absolute atomic E-state index is 0.0201. The zero-order valence-corrected chi connectivity index (χ0v) is 21.4. The van der Waals surface area contributed by atoms with Crippen molar-refractivity contribution in [2.24, 2.45) is 5.92 Å². The number of thiophene rings is 1. The number of hydrogen-bond donors (Lipinski definition) is 1. The van der Waals surface area contributed by atoms with Crippen molar-refractivity contribution in [2.45, 2.75) is 20.3 Å². The third-order valence-electron chi connectivity index (χ3n) is 6.22. The molecule has 3 heterocycles. The Balaban J connectivity index is 1.51. The molecule has 11 heteroatoms. The van der Waals surface area contributed by atoms with E-state index in [2.05, 4.69) is 10.4 Å². The number of amides is 2. The topological polar surface area (TPSA) is 111 Å². The monoisotopic (exact) mass is 534 g/mol. The smallest absolute Gasteiger partial charge is 0.359 e. The highest BCUT2D eigenvalue weighted by atomic mass is 32.1. The van der Waals surface area contributed by atoms with Crippen molar-refractivity contribution in [3.63, 3.8) is 0 Å². The summed E-state index contributed by atoms with van der Waals surface area (Å²) in [5.74, 6) is -2.58. The van der Waals surface area contributed by atoms with Crippen LogP contribution in [0.4, 0.5) is 15.1 Å². The van der Waals surface area contributed by atoms with Gasteiger partial charge in [0.05, 0.1) is 23.6 Å². The first-order valence-electron chi connectivity index (χ1n) is 11.9. The van der Waals surface area contributed by atoms with Crippen LogP contribution in [-0.2, 0) is 14.3 Å². The van der Waals surface area contributed by atoms with Gasteiger partial charge in [0.15, 0.2) is 5.69 Å². The summed E-state index contributed by atoms with van der Waals surface area (Å²) in [6.07, 6.45) is 0.0201. The highest BCUT2D eigenvalue weighted by Gasteiger charge is 2.36. The second kappa shape index (κ2) is 10.2. The van der Waals surface area contributed by atoms with Gasteiger partial charge in [0.1, 0.15) is 10.8 Å². The molecule has 1 fully saturated rings. The molecule has 0 spiro atoms. The number of nitrogens with one attached hydrogen (secondary N) is 1. The Labute approximate surface area is 220 Å². The van der Waals surface area contributed by atoms with Crippen LogP contribution in [0.15, 0.2) is 58.7 Å². The molecular weight excluding hydrogens is 511 g/mol. The lowest BCUT2D eigenvalue weighted by Crippen LogP contribution is -2.29. The van der Waals surface area contributed by atoms with Crippen LogP contribution in [0.25, 0.3) is 16.5 Å². The Morgan fingerprint density at radius 1 is 1.16 bits per heavy atom. The van der Waals surface area contributed by atoms with Crippen LogP contribution in [-0.4, -0.2) is 40.7 Å². The molecule has 1 saturated heterocycles. The van der Waals surface area contributed by atoms with E-state index in [-0.39, 0.29) is 52.6 Å². The summed E-state index contributed by atoms with van der Waals surface area (Å²) in [5.41, 5.74) is 1.05. The Kier molecular flexibility index (Phi) is 6.77. The van der Waals surface area contributed by atoms with Crippen molar-refractivity contribution in [3.8, 4) is 5.69 Å². The average Bonchev–Trinajstić information content (AvgIpc) is 3.48. The van der Waals surface area contributed by atoms with Crippen LogP contribution < -0.4 is 15.8 Å². The number of carbonyl (C=O) groups is 3. The minimum atomic E-state index is -0.756. The largest absolute Gasteiger partial charge is 0.461 e. The molecule has 1 unspecified atom stereocenters. The third kappa shape index (κ3) is 4.68. The van der Waals surface area contributed by atoms with E-state index in [9.17, 15) is 23.6 Å². The lowest BCUT2D eigenvalue weighted by molar-refractivity contribution is -0.122. The van der Waals surface area contributed by atoms with Crippen molar-refractivity contribution in [1.82, 2.24) is 9.78 Å². The summed E-state index contributed by atoms with van der Waals surface area (Å²) in [5, 5.41) is 8.94. The third-order valence-corrected chi connectivity index (χ3v) is 7.12. The molecule has 2 aromatic carbocycles. The molecule has 1 N–H and O–H groups in total. The molecule has 2 aromatic heterocycles. The molecule has 1 atom stereocenters. The van der Waals surface area contributed by atoms with Gasteiger partial charge in [-0.2, -0.15) is 9.78 Å². The lowest BCUT2D eigenvalue weighted by atomic mass is 10.1. The lowest BCUT2D eigenvalue weighted by Gasteiger charge is -2.17. The Hall–Kier alpha value is -4.38. The van der Waals surface area contributed by atoms with E-state index in [1.807, 2.05) is 31.2 Å². The summed E-state index contributed by atoms with van der Waals surface area (Å²) < 4.78 is 20.0. The number of aryl methyl sites for hydroxylation is 1. The molecule has 1 aliphatic rings. The Morgan fingerprint density at radius 2 is 1.92 bits per heavy atom. The normalized spacial score (nSPS) is 15.2. The molecule has 9 nitrogen and oxygen atoms in total. The number of benzene rings is 2. The zero-order valence-electron chi connectivity index (χ0n) is 20.6. The molecule has 0 bridgehead atoms. The molecule has 38 heavy (non-hydrogen) atoms. The molecular formula is C27H23FN4O5S. The second-order valence-corrected chi connectivity index (χ2v) is 9.73. The first-order chi connectivity index (χ1) is 18.3. The summed E-state index contributed by atoms with van der Waals surface area (Å²) in [6, 6.07) is 12.7. The number of fused-ring (bicyclic) bond motifs is 1. The van der Waals surface area contributed by atoms with Crippen molar-refractivity contribution < 1.29 is 23.5 Å². The van der Waals surface area contributed by atoms with Crippen molar-refractivity contribution in [3.05, 3.63) is 81.3 Å². The second-order valence-electron chi connectivity index (χ2n) is 8.85. The van der Waals surface area contributed by atoms with Crippen molar-refractivity contribution in [2.75, 3.05) is 23.4 Å². The number of anilines is 2. The summed E-state index contributed by atoms with van der Waals surface area (Å²) in [6.45, 7) is 3.84. The summed E-state index contributed by atoms with van der Waals surface area (Å²) in [4.78, 5) is 53.7. The van der Waals surface area contributed by atoms with Crippen LogP contribution in [0.3, 0.4) is 0 Å². The van der Waals surface area contributed by atoms with E-state index in [1.165, 1.54) is 18.2 Å². The van der Waals surface area contributed by atoms with Gasteiger partial charge in [0.2, 0.25) is 11.8 Å². The maximum absolute atomic E-state index is 13.9. The number of ether oxygens (including phenoxy) is 1. The van der Waals surface area contributed by atoms with Gasteiger partial charge in [0.25, 0.3) is 5.56 Å². The Bertz CT molecular complexity index is 1650. The fourth-order valence-corrected chi connectivity index (χ4v) is 5.36. The molecule has 0 saturated carbocycles. The maximum atomic E-state index is 13.9. The molecule has 194 valence electrons. The van der Waals surface area contributed by atoms with Gasteiger partial charge in [-0.25, -0.2) is 9.18 Å². The summed E-state index contributed by atoms with van der Waals surface area (Å²) in [7, 11) is 0. The van der Waals surface area contributed by atoms with Crippen molar-refractivity contribution >= 4 is 50.6 Å². The highest BCUT2D eigenvalue weighted by Crippen LogP contribution is 2.32. The van der Waals surface area contributed by atoms with Gasteiger partial charge >= 0.3 is 5.97 Å². The first-order valence-corrected chi connectivity index (χ1v) is 12.8. The van der Waals surface area contributed by atoms with Gasteiger partial charge in [-0.05, 0) is 49.7 Å². The van der Waals surface area contributed by atoms with Gasteiger partial charge in [-0.3, -0.25) is 14.4 Å². The number of aromatic nitrogens is 2. The van der Waals surface area contributed by atoms with E-state index in [1.54, 1.807) is 17.2 Å². The van der Waals surface area contributed by atoms with E-state index in [4.69, 9.17) is 4.74 Å². The zero-order chi connectivity index (χ0) is 27.0. The predicted molar refractivity (Wildman–Crippen MR) is 141 cm³/mol. The minimum Gasteiger partial charge on any atom is -0.461 e. The maximum Gasteiger partial charge on any atom is 0.359 e. The number of nitrogens with zero attached hydrogens (tertiary/aromatic N) is 3. The Morgan fingerprint density at radius 3 is 2.66 bits per heavy atom. The highest BCUT2D eigenvalue weighted by molar-refractivity contribution is 7.16. The molecule has 1 aliphatic heterocycles. The first kappa shape index (κ1) is 25.3. The molecule has 5 rings (SSSR count). The number of esters is 1. The van der Waals surface area contributed by atoms with Gasteiger partial charge in [-0.15, -0.1) is 11.3 Å². The van der Waals surface area contributed by atoms with Gasteiger partial charge in [0, 0.05) is 29.4 Å². The number of halogens is 1. The van der Waals surface area contributed by atoms with E-state index in [0.29, 0.717) is 0 Å². The quantitative estimate of drug-likeness (QED) is 0.374. The number of hydrogen-bond acceptors (Lipinski definition) is 7. The number of carbonyl (C=O) groups excluding carboxylic acids is 3. The van der Waals surface area contributed by atoms with E-state index >= 15 is 0 Å². The van der Waals surface area contributed by atoms with Crippen LogP contribution in [0.2, 0.25) is 0 Å². The van der Waals surface area contributed by atoms with Crippen LogP contribution in [0.1, 0.15) is 29.4 Å². The van der Waals surface area contributed by atoms with Gasteiger partial charge < -0.3 is 15.0 Å². The SMILES string of the molecule is CCOC(=O)c1nn(-c2cccc(F)c2)c(=O)c2c(NC(=O)C3CC(=O)N(c4cccc(C)c4)C3)scc12. The van der Waals surface area contributed by atoms with Crippen molar-refractivity contribution in [1.29, 1.82) is 0 Å². The van der Waals surface area contributed by atoms with Crippen LogP contribution in [0.5, 0.6) is 0 Å². The molecule has 0 radical (unpaired) electrons. The molecule has 4 aromatic rings. The van der Waals surface area contributed by atoms with Crippen LogP contribution >= 0.6 is 11.3 Å². The molecule has 0 aliphatic carbocycles. The van der Waals surface area contributed by atoms with E-state index < -0.39 is 29.2 Å². The average molecular weight is 535 g/mol. The van der Waals surface area contributed by atoms with Gasteiger partial charge in [-0.1, -0.05) is 18.2 Å². The van der Waals surface area contributed by atoms with E-state index in [0.717, 1.165) is 33.3 Å². The fraction of sp³-hybridized carbons (Fsp3) is 0.222. The fourth-order valence-electron chi connectivity index (χ4n) is 4.42. The summed E-state index contributed by atoms with van der Waals surface area (Å²) >= 11 is 1.06. The predicted octanol–water partition coefficient (Wildman–Crippen LogP) is 4.06.